The maximum atomic E-state index is 12.3. The van der Waals surface area contributed by atoms with E-state index < -0.39 is 0 Å². The molecule has 1 aromatic carbocycles. The first-order valence-corrected chi connectivity index (χ1v) is 6.93. The molecule has 0 aliphatic carbocycles. The highest BCUT2D eigenvalue weighted by atomic mass is 16.1. The van der Waals surface area contributed by atoms with Crippen molar-refractivity contribution in [3.8, 4) is 0 Å². The fourth-order valence-electron chi connectivity index (χ4n) is 2.16. The summed E-state index contributed by atoms with van der Waals surface area (Å²) in [5, 5.41) is 4.15. The summed E-state index contributed by atoms with van der Waals surface area (Å²) in [7, 11) is 0. The molecule has 0 aliphatic heterocycles. The molecule has 2 rings (SSSR count). The number of benzene rings is 1. The second-order valence-electron chi connectivity index (χ2n) is 4.78. The van der Waals surface area contributed by atoms with Crippen molar-refractivity contribution in [3.05, 3.63) is 40.9 Å². The molecule has 0 fully saturated rings. The van der Waals surface area contributed by atoms with Crippen molar-refractivity contribution < 1.29 is 0 Å². The maximum Gasteiger partial charge on any atom is 0.261 e. The molecule has 0 saturated carbocycles. The molecule has 1 unspecified atom stereocenters. The van der Waals surface area contributed by atoms with Crippen molar-refractivity contribution >= 4 is 10.9 Å². The first kappa shape index (κ1) is 13.7. The van der Waals surface area contributed by atoms with Gasteiger partial charge in [-0.2, -0.15) is 0 Å². The summed E-state index contributed by atoms with van der Waals surface area (Å²) in [4.78, 5) is 16.7. The predicted octanol–water partition coefficient (Wildman–Crippen LogP) is 2.17. The first-order valence-electron chi connectivity index (χ1n) is 6.93. The molecule has 19 heavy (non-hydrogen) atoms. The molecule has 4 heteroatoms. The average Bonchev–Trinajstić information content (AvgIpc) is 2.46. The van der Waals surface area contributed by atoms with E-state index in [4.69, 9.17) is 0 Å². The highest BCUT2D eigenvalue weighted by molar-refractivity contribution is 5.76. The molecule has 2 aromatic rings. The van der Waals surface area contributed by atoms with E-state index in [9.17, 15) is 4.79 Å². The lowest BCUT2D eigenvalue weighted by atomic mass is 10.2. The van der Waals surface area contributed by atoms with Gasteiger partial charge in [0, 0.05) is 12.6 Å². The van der Waals surface area contributed by atoms with E-state index in [-0.39, 0.29) is 5.56 Å². The third-order valence-electron chi connectivity index (χ3n) is 3.32. The Morgan fingerprint density at radius 3 is 2.84 bits per heavy atom. The molecule has 1 atom stereocenters. The van der Waals surface area contributed by atoms with Crippen LogP contribution in [0.3, 0.4) is 0 Å². The second kappa shape index (κ2) is 6.48. The van der Waals surface area contributed by atoms with Crippen molar-refractivity contribution in [2.24, 2.45) is 0 Å². The Kier molecular flexibility index (Phi) is 4.68. The largest absolute Gasteiger partial charge is 0.312 e. The van der Waals surface area contributed by atoms with Gasteiger partial charge in [-0.05, 0) is 31.5 Å². The van der Waals surface area contributed by atoms with Gasteiger partial charge in [0.25, 0.3) is 5.56 Å². The number of hydrogen-bond donors (Lipinski definition) is 1. The summed E-state index contributed by atoms with van der Waals surface area (Å²) in [6, 6.07) is 7.80. The summed E-state index contributed by atoms with van der Waals surface area (Å²) >= 11 is 0. The number of hydrogen-bond acceptors (Lipinski definition) is 3. The van der Waals surface area contributed by atoms with Crippen LogP contribution in [0.4, 0.5) is 0 Å². The summed E-state index contributed by atoms with van der Waals surface area (Å²) in [6.45, 7) is 5.93. The van der Waals surface area contributed by atoms with E-state index in [0.717, 1.165) is 24.9 Å². The molecular formula is C15H21N3O. The van der Waals surface area contributed by atoms with E-state index in [1.54, 1.807) is 10.9 Å². The van der Waals surface area contributed by atoms with Crippen LogP contribution >= 0.6 is 0 Å². The van der Waals surface area contributed by atoms with Crippen LogP contribution in [-0.2, 0) is 6.54 Å². The number of fused-ring (bicyclic) bond motifs is 1. The van der Waals surface area contributed by atoms with E-state index in [0.29, 0.717) is 18.0 Å². The number of aromatic nitrogens is 2. The van der Waals surface area contributed by atoms with E-state index in [1.807, 2.05) is 24.3 Å². The van der Waals surface area contributed by atoms with E-state index in [2.05, 4.69) is 24.1 Å². The first-order chi connectivity index (χ1) is 9.26. The van der Waals surface area contributed by atoms with E-state index >= 15 is 0 Å². The summed E-state index contributed by atoms with van der Waals surface area (Å²) in [6.07, 6.45) is 3.75. The Morgan fingerprint density at radius 1 is 1.32 bits per heavy atom. The molecule has 0 amide bonds. The van der Waals surface area contributed by atoms with Gasteiger partial charge in [-0.15, -0.1) is 0 Å². The van der Waals surface area contributed by atoms with Gasteiger partial charge in [-0.25, -0.2) is 4.98 Å². The Labute approximate surface area is 113 Å². The maximum absolute atomic E-state index is 12.3. The standard InChI is InChI=1S/C15H21N3O/c1-3-9-16-12(4-2)10-18-11-17-14-8-6-5-7-13(14)15(18)19/h5-8,11-12,16H,3-4,9-10H2,1-2H3. The zero-order chi connectivity index (χ0) is 13.7. The van der Waals surface area contributed by atoms with Crippen molar-refractivity contribution in [1.82, 2.24) is 14.9 Å². The van der Waals surface area contributed by atoms with Gasteiger partial charge in [-0.3, -0.25) is 9.36 Å². The fourth-order valence-corrected chi connectivity index (χ4v) is 2.16. The lowest BCUT2D eigenvalue weighted by Gasteiger charge is -2.17. The van der Waals surface area contributed by atoms with Crippen LogP contribution in [0.25, 0.3) is 10.9 Å². The highest BCUT2D eigenvalue weighted by Gasteiger charge is 2.09. The Balaban J connectivity index is 2.25. The van der Waals surface area contributed by atoms with Crippen molar-refractivity contribution in [3.63, 3.8) is 0 Å². The predicted molar refractivity (Wildman–Crippen MR) is 78.4 cm³/mol. The minimum Gasteiger partial charge on any atom is -0.312 e. The Hall–Kier alpha value is -1.68. The molecule has 4 nitrogen and oxygen atoms in total. The number of para-hydroxylation sites is 1. The van der Waals surface area contributed by atoms with Crippen molar-refractivity contribution in [2.45, 2.75) is 39.3 Å². The van der Waals surface area contributed by atoms with Crippen LogP contribution in [-0.4, -0.2) is 22.1 Å². The van der Waals surface area contributed by atoms with Gasteiger partial charge in [0.1, 0.15) is 0 Å². The smallest absolute Gasteiger partial charge is 0.261 e. The third-order valence-corrected chi connectivity index (χ3v) is 3.32. The van der Waals surface area contributed by atoms with Crippen LogP contribution in [0.1, 0.15) is 26.7 Å². The molecule has 1 aromatic heterocycles. The number of nitrogens with zero attached hydrogens (tertiary/aromatic N) is 2. The van der Waals surface area contributed by atoms with E-state index in [1.165, 1.54) is 0 Å². The SMILES string of the molecule is CCCNC(CC)Cn1cnc2ccccc2c1=O. The Bertz CT molecular complexity index is 591. The summed E-state index contributed by atoms with van der Waals surface area (Å²) < 4.78 is 1.71. The molecule has 102 valence electrons. The van der Waals surface area contributed by atoms with Gasteiger partial charge in [0.15, 0.2) is 0 Å². The fraction of sp³-hybridized carbons (Fsp3) is 0.467. The van der Waals surface area contributed by atoms with Crippen LogP contribution < -0.4 is 10.9 Å². The van der Waals surface area contributed by atoms with Gasteiger partial charge in [0.2, 0.25) is 0 Å². The minimum absolute atomic E-state index is 0.0438. The lowest BCUT2D eigenvalue weighted by Crippen LogP contribution is -2.36. The molecule has 0 aliphatic rings. The number of rotatable bonds is 6. The quantitative estimate of drug-likeness (QED) is 0.865. The van der Waals surface area contributed by atoms with Crippen molar-refractivity contribution in [2.75, 3.05) is 6.54 Å². The topological polar surface area (TPSA) is 46.9 Å². The van der Waals surface area contributed by atoms with Crippen LogP contribution in [0, 0.1) is 0 Å². The van der Waals surface area contributed by atoms with Gasteiger partial charge < -0.3 is 5.32 Å². The zero-order valence-corrected chi connectivity index (χ0v) is 11.6. The molecule has 0 saturated heterocycles. The average molecular weight is 259 g/mol. The minimum atomic E-state index is 0.0438. The normalized spacial score (nSPS) is 12.7. The molecular weight excluding hydrogens is 238 g/mol. The molecule has 0 spiro atoms. The third kappa shape index (κ3) is 3.20. The molecule has 0 bridgehead atoms. The number of nitrogens with one attached hydrogen (secondary N) is 1. The van der Waals surface area contributed by atoms with Gasteiger partial charge in [0.05, 0.1) is 17.2 Å². The van der Waals surface area contributed by atoms with Crippen LogP contribution in [0.5, 0.6) is 0 Å². The zero-order valence-electron chi connectivity index (χ0n) is 11.6. The van der Waals surface area contributed by atoms with Gasteiger partial charge >= 0.3 is 0 Å². The molecule has 0 radical (unpaired) electrons. The summed E-state index contributed by atoms with van der Waals surface area (Å²) in [5.41, 5.74) is 0.806. The van der Waals surface area contributed by atoms with Crippen LogP contribution in [0.15, 0.2) is 35.4 Å². The lowest BCUT2D eigenvalue weighted by molar-refractivity contribution is 0.430. The van der Waals surface area contributed by atoms with Gasteiger partial charge in [-0.1, -0.05) is 26.0 Å². The Morgan fingerprint density at radius 2 is 2.11 bits per heavy atom. The highest BCUT2D eigenvalue weighted by Crippen LogP contribution is 2.05. The summed E-state index contributed by atoms with van der Waals surface area (Å²) in [5.74, 6) is 0. The second-order valence-corrected chi connectivity index (χ2v) is 4.78. The van der Waals surface area contributed by atoms with Crippen molar-refractivity contribution in [1.29, 1.82) is 0 Å². The monoisotopic (exact) mass is 259 g/mol. The molecule has 1 N–H and O–H groups in total. The molecule has 1 heterocycles. The van der Waals surface area contributed by atoms with Crippen LogP contribution in [0.2, 0.25) is 0 Å².